The fourth-order valence-corrected chi connectivity index (χ4v) is 11.7. The number of nitrogens with one attached hydrogen (secondary N) is 3. The Morgan fingerprint density at radius 2 is 1.03 bits per heavy atom. The molecule has 404 valence electrons. The van der Waals surface area contributed by atoms with Crippen molar-refractivity contribution in [3.8, 4) is 31.7 Å². The number of amides is 5. The van der Waals surface area contributed by atoms with Crippen molar-refractivity contribution in [1.29, 1.82) is 0 Å². The third-order valence-electron chi connectivity index (χ3n) is 12.1. The number of fused-ring (bicyclic) bond motifs is 3. The van der Waals surface area contributed by atoms with Crippen LogP contribution in [0.4, 0.5) is 62.0 Å². The Morgan fingerprint density at radius 1 is 0.519 bits per heavy atom. The highest BCUT2D eigenvalue weighted by atomic mass is 32.1. The van der Waals surface area contributed by atoms with E-state index < -0.39 is 59.3 Å². The van der Waals surface area contributed by atoms with Gasteiger partial charge in [-0.1, -0.05) is 0 Å². The van der Waals surface area contributed by atoms with Crippen LogP contribution >= 0.6 is 45.3 Å². The molecule has 5 amide bonds. The van der Waals surface area contributed by atoms with Gasteiger partial charge >= 0.3 is 12.1 Å². The number of hydrogen-bond donors (Lipinski definition) is 3. The zero-order chi connectivity index (χ0) is 55.6. The number of aromatic nitrogens is 6. The number of nitrogens with zero attached hydrogens (tertiary/aromatic N) is 8. The number of alkyl halides is 2. The summed E-state index contributed by atoms with van der Waals surface area (Å²) in [6.45, 7) is 4.54. The molecule has 0 aliphatic carbocycles. The Bertz CT molecular complexity index is 3810. The number of carbonyl (C=O) groups is 3. The molecule has 0 saturated carbocycles. The van der Waals surface area contributed by atoms with Crippen LogP contribution in [0.1, 0.15) is 33.2 Å². The van der Waals surface area contributed by atoms with Crippen molar-refractivity contribution in [2.45, 2.75) is 39.0 Å². The van der Waals surface area contributed by atoms with E-state index in [1.54, 1.807) is 43.5 Å². The van der Waals surface area contributed by atoms with E-state index in [-0.39, 0.29) is 19.0 Å². The van der Waals surface area contributed by atoms with E-state index in [1.807, 2.05) is 13.0 Å². The Labute approximate surface area is 458 Å². The topological polar surface area (TPSA) is 171 Å². The van der Waals surface area contributed by atoms with Gasteiger partial charge in [0, 0.05) is 47.7 Å². The van der Waals surface area contributed by atoms with Crippen molar-refractivity contribution in [1.82, 2.24) is 39.7 Å². The molecule has 2 saturated heterocycles. The zero-order valence-corrected chi connectivity index (χ0v) is 44.4. The summed E-state index contributed by atoms with van der Waals surface area (Å²) in [7, 11) is 0. The summed E-state index contributed by atoms with van der Waals surface area (Å²) in [4.78, 5) is 65.9. The van der Waals surface area contributed by atoms with Crippen LogP contribution in [0, 0.1) is 48.8 Å². The van der Waals surface area contributed by atoms with Crippen LogP contribution in [0.3, 0.4) is 0 Å². The maximum absolute atomic E-state index is 13.5. The summed E-state index contributed by atoms with van der Waals surface area (Å²) in [6, 6.07) is 20.4. The maximum atomic E-state index is 13.5. The molecule has 10 aromatic rings. The highest BCUT2D eigenvalue weighted by Crippen LogP contribution is 2.35. The molecule has 2 aliphatic rings. The zero-order valence-electron chi connectivity index (χ0n) is 41.1. The Balaban J connectivity index is 0.000000134. The van der Waals surface area contributed by atoms with Gasteiger partial charge in [-0.05, 0) is 112 Å². The quantitative estimate of drug-likeness (QED) is 0.131. The number of likely N-dealkylation sites (tertiary alicyclic amines) is 2. The summed E-state index contributed by atoms with van der Waals surface area (Å²) >= 11 is 5.29. The number of aryl methyl sites for hydroxylation is 2. The van der Waals surface area contributed by atoms with Crippen LogP contribution in [-0.4, -0.2) is 96.2 Å². The molecular formula is C53H39F8N11O3S4. The molecule has 0 bridgehead atoms. The molecule has 14 nitrogen and oxygen atoms in total. The molecular weight excluding hydrogens is 1120 g/mol. The molecule has 3 N–H and O–H groups in total. The van der Waals surface area contributed by atoms with Gasteiger partial charge in [-0.25, -0.2) is 74.6 Å². The SMILES string of the molecule is Cc1nc(C)c(C(=O)Nc2ccc3sc(-c4ccc(F)c(F)c4)nc3c2)s1.O=C(Nc1cc2nc(-c3ccc(F)c(F)c3)sc2cn1)N1CC[C@H](F)C1.O=C(Nc1ccc2sc(-c3ccc(F)c(F)c3)nc2n1)N1CC[C@H](F)C1. The number of rotatable bonds is 7. The molecule has 6 aromatic heterocycles. The third-order valence-corrected chi connectivity index (χ3v) is 16.4. The molecule has 12 rings (SSSR count). The van der Waals surface area contributed by atoms with E-state index in [0.717, 1.165) is 55.5 Å². The van der Waals surface area contributed by atoms with E-state index in [1.165, 1.54) is 73.3 Å². The first-order valence-corrected chi connectivity index (χ1v) is 27.1. The summed E-state index contributed by atoms with van der Waals surface area (Å²) < 4.78 is 108. The fraction of sp³-hybridized carbons (Fsp3) is 0.189. The van der Waals surface area contributed by atoms with Gasteiger partial charge in [-0.2, -0.15) is 0 Å². The maximum Gasteiger partial charge on any atom is 0.323 e. The van der Waals surface area contributed by atoms with Crippen LogP contribution < -0.4 is 16.0 Å². The van der Waals surface area contributed by atoms with E-state index in [4.69, 9.17) is 0 Å². The summed E-state index contributed by atoms with van der Waals surface area (Å²) in [5.41, 5.74) is 4.36. The van der Waals surface area contributed by atoms with Gasteiger partial charge in [-0.15, -0.1) is 45.3 Å². The monoisotopic (exact) mass is 1160 g/mol. The number of anilines is 3. The first kappa shape index (κ1) is 54.3. The van der Waals surface area contributed by atoms with Crippen molar-refractivity contribution in [2.75, 3.05) is 42.1 Å². The lowest BCUT2D eigenvalue weighted by atomic mass is 10.2. The normalized spacial score (nSPS) is 15.0. The fourth-order valence-electron chi connectivity index (χ4n) is 8.17. The van der Waals surface area contributed by atoms with Gasteiger partial charge in [0.25, 0.3) is 5.91 Å². The third kappa shape index (κ3) is 12.6. The van der Waals surface area contributed by atoms with Gasteiger partial charge in [0.15, 0.2) is 40.6 Å². The van der Waals surface area contributed by atoms with Crippen LogP contribution in [0.15, 0.2) is 97.2 Å². The largest absolute Gasteiger partial charge is 0.323 e. The van der Waals surface area contributed by atoms with Crippen molar-refractivity contribution in [2.24, 2.45) is 0 Å². The van der Waals surface area contributed by atoms with Crippen LogP contribution in [0.5, 0.6) is 0 Å². The lowest BCUT2D eigenvalue weighted by Crippen LogP contribution is -2.33. The van der Waals surface area contributed by atoms with E-state index in [2.05, 4.69) is 45.9 Å². The molecule has 8 heterocycles. The molecule has 2 aliphatic heterocycles. The Morgan fingerprint density at radius 3 is 1.54 bits per heavy atom. The highest BCUT2D eigenvalue weighted by molar-refractivity contribution is 7.22. The average Bonchev–Trinajstić information content (AvgIpc) is 4.37. The van der Waals surface area contributed by atoms with Crippen LogP contribution in [-0.2, 0) is 0 Å². The van der Waals surface area contributed by atoms with Crippen molar-refractivity contribution < 1.29 is 49.5 Å². The van der Waals surface area contributed by atoms with E-state index >= 15 is 0 Å². The van der Waals surface area contributed by atoms with Crippen LogP contribution in [0.25, 0.3) is 62.5 Å². The minimum absolute atomic E-state index is 0.0745. The standard InChI is InChI=1S/C19H13F2N3OS2.2C17H13F3N4OS/c1-9-17(26-10(2)22-9)18(25)23-12-4-6-16-15(8-12)24-19(27-16)11-3-5-13(20)14(21)7-11;18-10-3-4-24(8-10)17(25)23-15-6-13-14(7-21-15)26-16(22-13)9-1-2-11(19)12(20)5-9;18-10-5-6-24(8-10)17(25)22-14-4-3-13-15(21-14)23-16(26-13)9-1-2-11(19)12(20)7-9/h3-8H,1-2H3,(H,23,25);1-2,5-7,10H,3-4,8H2,(H,21,23,25);1-4,7,10H,5-6,8H2,(H,21,22,25)/t;2*10-/m.00/s1. The second kappa shape index (κ2) is 23.1. The number of carbonyl (C=O) groups excluding carboxylic acids is 3. The second-order valence-electron chi connectivity index (χ2n) is 17.8. The smallest absolute Gasteiger partial charge is 0.321 e. The molecule has 2 fully saturated rings. The molecule has 0 radical (unpaired) electrons. The van der Waals surface area contributed by atoms with Gasteiger partial charge in [0.2, 0.25) is 0 Å². The molecule has 26 heteroatoms. The first-order valence-electron chi connectivity index (χ1n) is 23.9. The van der Waals surface area contributed by atoms with Gasteiger partial charge < -0.3 is 15.1 Å². The van der Waals surface area contributed by atoms with E-state index in [9.17, 15) is 49.5 Å². The van der Waals surface area contributed by atoms with E-state index in [0.29, 0.717) is 102 Å². The molecule has 4 aromatic carbocycles. The second-order valence-corrected chi connectivity index (χ2v) is 22.1. The number of benzene rings is 4. The van der Waals surface area contributed by atoms with Crippen LogP contribution in [0.2, 0.25) is 0 Å². The van der Waals surface area contributed by atoms with Gasteiger partial charge in [-0.3, -0.25) is 15.4 Å². The van der Waals surface area contributed by atoms with Crippen molar-refractivity contribution >= 4 is 111 Å². The Hall–Kier alpha value is -8.07. The lowest BCUT2D eigenvalue weighted by molar-refractivity contribution is 0.102. The highest BCUT2D eigenvalue weighted by Gasteiger charge is 2.28. The Kier molecular flexibility index (Phi) is 15.9. The summed E-state index contributed by atoms with van der Waals surface area (Å²) in [5, 5.41) is 10.5. The van der Waals surface area contributed by atoms with Gasteiger partial charge in [0.1, 0.15) is 43.9 Å². The molecule has 2 atom stereocenters. The summed E-state index contributed by atoms with van der Waals surface area (Å²) in [6.07, 6.45) is 0.239. The summed E-state index contributed by atoms with van der Waals surface area (Å²) in [5.74, 6) is -5.14. The molecule has 0 unspecified atom stereocenters. The number of pyridine rings is 2. The minimum Gasteiger partial charge on any atom is -0.321 e. The number of hydrogen-bond acceptors (Lipinski definition) is 13. The minimum atomic E-state index is -0.992. The van der Waals surface area contributed by atoms with Gasteiger partial charge in [0.05, 0.1) is 48.9 Å². The predicted molar refractivity (Wildman–Crippen MR) is 290 cm³/mol. The lowest BCUT2D eigenvalue weighted by Gasteiger charge is -2.15. The average molecular weight is 1160 g/mol. The number of halogens is 8. The predicted octanol–water partition coefficient (Wildman–Crippen LogP) is 14.0. The molecule has 79 heavy (non-hydrogen) atoms. The first-order chi connectivity index (χ1) is 37.9. The van der Waals surface area contributed by atoms with Crippen molar-refractivity contribution in [3.63, 3.8) is 0 Å². The number of thiazole rings is 4. The number of urea groups is 2. The van der Waals surface area contributed by atoms with Crippen molar-refractivity contribution in [3.05, 3.63) is 148 Å². The molecule has 0 spiro atoms.